The SMILES string of the molecule is CC1(C)OB(c2ccc3c(c2)c2cccnc2n3-c2ccccn2)OC1(C)C. The molecule has 1 fully saturated rings. The van der Waals surface area contributed by atoms with Gasteiger partial charge in [-0.1, -0.05) is 18.2 Å². The summed E-state index contributed by atoms with van der Waals surface area (Å²) in [7, 11) is -0.390. The predicted molar refractivity (Wildman–Crippen MR) is 112 cm³/mol. The zero-order chi connectivity index (χ0) is 19.5. The Morgan fingerprint density at radius 2 is 1.57 bits per heavy atom. The summed E-state index contributed by atoms with van der Waals surface area (Å²) in [6, 6.07) is 16.3. The summed E-state index contributed by atoms with van der Waals surface area (Å²) >= 11 is 0. The molecule has 1 aliphatic heterocycles. The van der Waals surface area contributed by atoms with Crippen LogP contribution < -0.4 is 5.46 Å². The largest absolute Gasteiger partial charge is 0.494 e. The Hall–Kier alpha value is -2.70. The summed E-state index contributed by atoms with van der Waals surface area (Å²) in [5.41, 5.74) is 2.23. The van der Waals surface area contributed by atoms with E-state index >= 15 is 0 Å². The molecule has 3 aromatic heterocycles. The zero-order valence-corrected chi connectivity index (χ0v) is 16.5. The van der Waals surface area contributed by atoms with E-state index in [4.69, 9.17) is 9.31 Å². The molecule has 1 saturated heterocycles. The quantitative estimate of drug-likeness (QED) is 0.502. The molecule has 140 valence electrons. The van der Waals surface area contributed by atoms with Crippen molar-refractivity contribution in [3.63, 3.8) is 0 Å². The maximum Gasteiger partial charge on any atom is 0.494 e. The molecule has 0 unspecified atom stereocenters. The number of hydrogen-bond acceptors (Lipinski definition) is 4. The lowest BCUT2D eigenvalue weighted by molar-refractivity contribution is 0.00578. The highest BCUT2D eigenvalue weighted by Gasteiger charge is 2.51. The van der Waals surface area contributed by atoms with Crippen molar-refractivity contribution in [1.29, 1.82) is 0 Å². The normalized spacial score (nSPS) is 18.2. The topological polar surface area (TPSA) is 49.2 Å². The summed E-state index contributed by atoms with van der Waals surface area (Å²) in [6.07, 6.45) is 3.62. The highest BCUT2D eigenvalue weighted by Crippen LogP contribution is 2.37. The van der Waals surface area contributed by atoms with Crippen LogP contribution in [-0.4, -0.2) is 32.9 Å². The van der Waals surface area contributed by atoms with Crippen LogP contribution >= 0.6 is 0 Å². The zero-order valence-electron chi connectivity index (χ0n) is 16.5. The van der Waals surface area contributed by atoms with Crippen LogP contribution in [0.1, 0.15) is 27.7 Å². The Morgan fingerprint density at radius 1 is 0.821 bits per heavy atom. The lowest BCUT2D eigenvalue weighted by Gasteiger charge is -2.32. The van der Waals surface area contributed by atoms with Gasteiger partial charge in [0.2, 0.25) is 0 Å². The summed E-state index contributed by atoms with van der Waals surface area (Å²) in [4.78, 5) is 9.16. The molecule has 1 aliphatic rings. The molecule has 0 radical (unpaired) electrons. The van der Waals surface area contributed by atoms with E-state index in [-0.39, 0.29) is 18.3 Å². The van der Waals surface area contributed by atoms with Crippen molar-refractivity contribution in [3.05, 3.63) is 60.9 Å². The molecule has 0 bridgehead atoms. The van der Waals surface area contributed by atoms with Crippen LogP contribution in [0.25, 0.3) is 27.8 Å². The first-order chi connectivity index (χ1) is 13.4. The molecule has 1 aromatic carbocycles. The van der Waals surface area contributed by atoms with E-state index in [1.807, 2.05) is 30.5 Å². The van der Waals surface area contributed by atoms with Crippen molar-refractivity contribution in [2.45, 2.75) is 38.9 Å². The molecule has 0 spiro atoms. The van der Waals surface area contributed by atoms with E-state index < -0.39 is 0 Å². The van der Waals surface area contributed by atoms with E-state index in [0.29, 0.717) is 0 Å². The minimum absolute atomic E-state index is 0.365. The average molecular weight is 371 g/mol. The van der Waals surface area contributed by atoms with Crippen LogP contribution in [0.4, 0.5) is 0 Å². The van der Waals surface area contributed by atoms with Crippen LogP contribution in [0.15, 0.2) is 60.9 Å². The maximum atomic E-state index is 6.25. The number of nitrogens with zero attached hydrogens (tertiary/aromatic N) is 3. The summed E-state index contributed by atoms with van der Waals surface area (Å²) in [5.74, 6) is 0.851. The molecule has 5 rings (SSSR count). The molecular formula is C22H22BN3O2. The summed E-state index contributed by atoms with van der Waals surface area (Å²) < 4.78 is 14.6. The van der Waals surface area contributed by atoms with E-state index in [0.717, 1.165) is 33.2 Å². The molecule has 4 aromatic rings. The second-order valence-electron chi connectivity index (χ2n) is 8.26. The van der Waals surface area contributed by atoms with Gasteiger partial charge in [-0.15, -0.1) is 0 Å². The number of pyridine rings is 2. The third-order valence-electron chi connectivity index (χ3n) is 5.95. The number of fused-ring (bicyclic) bond motifs is 3. The van der Waals surface area contributed by atoms with Crippen molar-refractivity contribution < 1.29 is 9.31 Å². The van der Waals surface area contributed by atoms with Crippen LogP contribution in [0, 0.1) is 0 Å². The fraction of sp³-hybridized carbons (Fsp3) is 0.273. The van der Waals surface area contributed by atoms with Gasteiger partial charge in [0.05, 0.1) is 16.7 Å². The fourth-order valence-electron chi connectivity index (χ4n) is 3.71. The van der Waals surface area contributed by atoms with Gasteiger partial charge >= 0.3 is 7.12 Å². The van der Waals surface area contributed by atoms with Crippen LogP contribution in [0.2, 0.25) is 0 Å². The van der Waals surface area contributed by atoms with Crippen LogP contribution in [0.3, 0.4) is 0 Å². The van der Waals surface area contributed by atoms with Gasteiger partial charge in [-0.2, -0.15) is 0 Å². The molecule has 0 atom stereocenters. The standard InChI is InChI=1S/C22H22BN3O2/c1-21(2)22(3,4)28-23(27-21)15-10-11-18-17(14-15)16-8-7-13-25-20(16)26(18)19-9-5-6-12-24-19/h5-14H,1-4H3. The minimum atomic E-state index is -0.390. The second-order valence-corrected chi connectivity index (χ2v) is 8.26. The third kappa shape index (κ3) is 2.49. The Labute approximate surface area is 164 Å². The van der Waals surface area contributed by atoms with Gasteiger partial charge in [-0.25, -0.2) is 9.97 Å². The van der Waals surface area contributed by atoms with Gasteiger partial charge in [-0.3, -0.25) is 4.57 Å². The predicted octanol–water partition coefficient (Wildman–Crippen LogP) is 3.87. The maximum absolute atomic E-state index is 6.25. The van der Waals surface area contributed by atoms with E-state index in [9.17, 15) is 0 Å². The number of aromatic nitrogens is 3. The lowest BCUT2D eigenvalue weighted by Crippen LogP contribution is -2.41. The van der Waals surface area contributed by atoms with Gasteiger partial charge < -0.3 is 9.31 Å². The molecule has 28 heavy (non-hydrogen) atoms. The van der Waals surface area contributed by atoms with Gasteiger partial charge in [0.1, 0.15) is 11.5 Å². The van der Waals surface area contributed by atoms with E-state index in [1.54, 1.807) is 6.20 Å². The summed E-state index contributed by atoms with van der Waals surface area (Å²) in [5, 5.41) is 2.20. The molecule has 0 amide bonds. The summed E-state index contributed by atoms with van der Waals surface area (Å²) in [6.45, 7) is 8.29. The molecule has 0 N–H and O–H groups in total. The first-order valence-corrected chi connectivity index (χ1v) is 9.53. The molecule has 0 saturated carbocycles. The highest BCUT2D eigenvalue weighted by atomic mass is 16.7. The van der Waals surface area contributed by atoms with Gasteiger partial charge in [-0.05, 0) is 63.5 Å². The number of benzene rings is 1. The van der Waals surface area contributed by atoms with Gasteiger partial charge in [0.25, 0.3) is 0 Å². The van der Waals surface area contributed by atoms with Crippen LogP contribution in [0.5, 0.6) is 0 Å². The van der Waals surface area contributed by atoms with Gasteiger partial charge in [0, 0.05) is 23.2 Å². The van der Waals surface area contributed by atoms with Crippen LogP contribution in [-0.2, 0) is 9.31 Å². The smallest absolute Gasteiger partial charge is 0.399 e. The Bertz CT molecular complexity index is 1170. The highest BCUT2D eigenvalue weighted by molar-refractivity contribution is 6.62. The van der Waals surface area contributed by atoms with Gasteiger partial charge in [0.15, 0.2) is 0 Å². The fourth-order valence-corrected chi connectivity index (χ4v) is 3.71. The number of rotatable bonds is 2. The molecule has 5 nitrogen and oxygen atoms in total. The van der Waals surface area contributed by atoms with Crippen molar-refractivity contribution in [2.24, 2.45) is 0 Å². The Morgan fingerprint density at radius 3 is 2.29 bits per heavy atom. The van der Waals surface area contributed by atoms with Crippen molar-refractivity contribution in [2.75, 3.05) is 0 Å². The monoisotopic (exact) mass is 371 g/mol. The average Bonchev–Trinajstić information content (AvgIpc) is 3.12. The molecule has 6 heteroatoms. The molecule has 0 aliphatic carbocycles. The third-order valence-corrected chi connectivity index (χ3v) is 5.95. The van der Waals surface area contributed by atoms with Crippen molar-refractivity contribution in [1.82, 2.24) is 14.5 Å². The van der Waals surface area contributed by atoms with Crippen molar-refractivity contribution in [3.8, 4) is 5.82 Å². The minimum Gasteiger partial charge on any atom is -0.399 e. The van der Waals surface area contributed by atoms with Crippen molar-refractivity contribution >= 4 is 34.5 Å². The Kier molecular flexibility index (Phi) is 3.67. The molecule has 4 heterocycles. The van der Waals surface area contributed by atoms with E-state index in [2.05, 4.69) is 66.5 Å². The second kappa shape index (κ2) is 5.90. The Balaban J connectivity index is 1.71. The first-order valence-electron chi connectivity index (χ1n) is 9.53. The number of hydrogen-bond donors (Lipinski definition) is 0. The lowest BCUT2D eigenvalue weighted by atomic mass is 9.78. The first kappa shape index (κ1) is 17.4. The molecular weight excluding hydrogens is 349 g/mol. The van der Waals surface area contributed by atoms with E-state index in [1.165, 1.54) is 0 Å².